The third-order valence-corrected chi connectivity index (χ3v) is 3.45. The topological polar surface area (TPSA) is 38.8 Å². The second-order valence-corrected chi connectivity index (χ2v) is 4.89. The van der Waals surface area contributed by atoms with E-state index >= 15 is 0 Å². The van der Waals surface area contributed by atoms with Crippen LogP contribution in [0.5, 0.6) is 11.5 Å². The summed E-state index contributed by atoms with van der Waals surface area (Å²) in [6.45, 7) is 4.30. The Morgan fingerprint density at radius 3 is 2.38 bits per heavy atom. The summed E-state index contributed by atoms with van der Waals surface area (Å²) in [4.78, 5) is 13.8. The molecule has 0 spiro atoms. The van der Waals surface area contributed by atoms with Crippen molar-refractivity contribution in [3.05, 3.63) is 59.2 Å². The van der Waals surface area contributed by atoms with Crippen LogP contribution in [0.3, 0.4) is 0 Å². The number of fused-ring (bicyclic) bond motifs is 1. The van der Waals surface area contributed by atoms with Gasteiger partial charge < -0.3 is 14.4 Å². The SMILES string of the molecule is CC.COc1ccc(CN2COc3cc(F)c(F)cc3C2=O)cc1. The average molecular weight is 335 g/mol. The lowest BCUT2D eigenvalue weighted by atomic mass is 10.1. The standard InChI is InChI=1S/C16H13F2NO3.C2H6/c1-21-11-4-2-10(3-5-11)8-19-9-22-15-7-14(18)13(17)6-12(15)16(19)20;1-2/h2-7H,8-9H2,1H3;1-2H3. The molecule has 1 amide bonds. The molecule has 0 radical (unpaired) electrons. The van der Waals surface area contributed by atoms with Gasteiger partial charge in [0.25, 0.3) is 5.91 Å². The Morgan fingerprint density at radius 2 is 1.75 bits per heavy atom. The quantitative estimate of drug-likeness (QED) is 0.851. The van der Waals surface area contributed by atoms with Gasteiger partial charge >= 0.3 is 0 Å². The fourth-order valence-corrected chi connectivity index (χ4v) is 2.26. The zero-order chi connectivity index (χ0) is 17.7. The summed E-state index contributed by atoms with van der Waals surface area (Å²) < 4.78 is 36.9. The molecule has 1 aliphatic heterocycles. The Balaban J connectivity index is 0.00000100. The van der Waals surface area contributed by atoms with Crippen LogP contribution in [0.15, 0.2) is 36.4 Å². The fourth-order valence-electron chi connectivity index (χ4n) is 2.26. The maximum atomic E-state index is 13.3. The number of carbonyl (C=O) groups is 1. The Labute approximate surface area is 139 Å². The van der Waals surface area contributed by atoms with Gasteiger partial charge in [-0.2, -0.15) is 0 Å². The molecule has 0 fully saturated rings. The highest BCUT2D eigenvalue weighted by Crippen LogP contribution is 2.28. The van der Waals surface area contributed by atoms with Gasteiger partial charge in [0.1, 0.15) is 11.5 Å². The van der Waals surface area contributed by atoms with E-state index in [1.54, 1.807) is 19.2 Å². The molecular formula is C18H19F2NO3. The number of halogens is 2. The fraction of sp³-hybridized carbons (Fsp3) is 0.278. The molecule has 6 heteroatoms. The molecule has 0 bridgehead atoms. The number of nitrogens with zero attached hydrogens (tertiary/aromatic N) is 1. The minimum Gasteiger partial charge on any atom is -0.497 e. The van der Waals surface area contributed by atoms with Crippen LogP contribution in [0.4, 0.5) is 8.78 Å². The minimum atomic E-state index is -1.07. The first-order chi connectivity index (χ1) is 11.6. The normalized spacial score (nSPS) is 12.7. The first kappa shape index (κ1) is 17.7. The number of methoxy groups -OCH3 is 1. The number of ether oxygens (including phenoxy) is 2. The maximum absolute atomic E-state index is 13.3. The highest BCUT2D eigenvalue weighted by molar-refractivity contribution is 5.97. The van der Waals surface area contributed by atoms with E-state index in [0.29, 0.717) is 12.3 Å². The lowest BCUT2D eigenvalue weighted by Crippen LogP contribution is -2.38. The average Bonchev–Trinajstić information content (AvgIpc) is 2.62. The van der Waals surface area contributed by atoms with Gasteiger partial charge in [-0.05, 0) is 23.8 Å². The molecule has 0 atom stereocenters. The van der Waals surface area contributed by atoms with E-state index in [9.17, 15) is 13.6 Å². The first-order valence-corrected chi connectivity index (χ1v) is 7.62. The zero-order valence-electron chi connectivity index (χ0n) is 13.8. The highest BCUT2D eigenvalue weighted by atomic mass is 19.2. The van der Waals surface area contributed by atoms with Gasteiger partial charge in [0.15, 0.2) is 18.4 Å². The van der Waals surface area contributed by atoms with Gasteiger partial charge in [0.2, 0.25) is 0 Å². The highest BCUT2D eigenvalue weighted by Gasteiger charge is 2.27. The molecule has 0 N–H and O–H groups in total. The van der Waals surface area contributed by atoms with Crippen molar-refractivity contribution in [1.82, 2.24) is 4.90 Å². The summed E-state index contributed by atoms with van der Waals surface area (Å²) in [5.41, 5.74) is 0.905. The molecule has 24 heavy (non-hydrogen) atoms. The monoisotopic (exact) mass is 335 g/mol. The molecular weight excluding hydrogens is 316 g/mol. The van der Waals surface area contributed by atoms with E-state index in [4.69, 9.17) is 9.47 Å². The van der Waals surface area contributed by atoms with Crippen molar-refractivity contribution in [2.75, 3.05) is 13.8 Å². The van der Waals surface area contributed by atoms with Crippen molar-refractivity contribution >= 4 is 5.91 Å². The van der Waals surface area contributed by atoms with Gasteiger partial charge in [-0.25, -0.2) is 8.78 Å². The molecule has 0 unspecified atom stereocenters. The summed E-state index contributed by atoms with van der Waals surface area (Å²) in [5, 5.41) is 0. The Morgan fingerprint density at radius 1 is 1.12 bits per heavy atom. The van der Waals surface area contributed by atoms with Gasteiger partial charge in [0.05, 0.1) is 12.7 Å². The van der Waals surface area contributed by atoms with Crippen LogP contribution in [0, 0.1) is 11.6 Å². The molecule has 4 nitrogen and oxygen atoms in total. The van der Waals surface area contributed by atoms with Gasteiger partial charge in [-0.15, -0.1) is 0 Å². The van der Waals surface area contributed by atoms with Crippen molar-refractivity contribution in [1.29, 1.82) is 0 Å². The second-order valence-electron chi connectivity index (χ2n) is 4.89. The third kappa shape index (κ3) is 3.64. The largest absolute Gasteiger partial charge is 0.497 e. The van der Waals surface area contributed by atoms with Crippen molar-refractivity contribution in [2.24, 2.45) is 0 Å². The van der Waals surface area contributed by atoms with E-state index in [-0.39, 0.29) is 18.0 Å². The van der Waals surface area contributed by atoms with Crippen LogP contribution in [-0.2, 0) is 6.54 Å². The predicted octanol–water partition coefficient (Wildman–Crippen LogP) is 3.99. The number of amides is 1. The van der Waals surface area contributed by atoms with Gasteiger partial charge in [0, 0.05) is 12.6 Å². The summed E-state index contributed by atoms with van der Waals surface area (Å²) in [6.07, 6.45) is 0. The van der Waals surface area contributed by atoms with E-state index in [2.05, 4.69) is 0 Å². The number of hydrogen-bond acceptors (Lipinski definition) is 3. The molecule has 0 saturated carbocycles. The van der Waals surface area contributed by atoms with Crippen molar-refractivity contribution in [3.8, 4) is 11.5 Å². The molecule has 1 heterocycles. The molecule has 1 aliphatic rings. The second kappa shape index (κ2) is 7.77. The Bertz CT molecular complexity index is 717. The lowest BCUT2D eigenvalue weighted by molar-refractivity contribution is 0.0496. The minimum absolute atomic E-state index is 0.0110. The van der Waals surface area contributed by atoms with Crippen LogP contribution in [-0.4, -0.2) is 24.6 Å². The molecule has 2 aromatic rings. The zero-order valence-corrected chi connectivity index (χ0v) is 13.8. The predicted molar refractivity (Wildman–Crippen MR) is 86.1 cm³/mol. The van der Waals surface area contributed by atoms with Crippen LogP contribution in [0.1, 0.15) is 29.8 Å². The Hall–Kier alpha value is -2.63. The van der Waals surface area contributed by atoms with Crippen molar-refractivity contribution in [2.45, 2.75) is 20.4 Å². The van der Waals surface area contributed by atoms with Crippen LogP contribution in [0.2, 0.25) is 0 Å². The van der Waals surface area contributed by atoms with E-state index in [0.717, 1.165) is 17.7 Å². The van der Waals surface area contributed by atoms with Crippen LogP contribution >= 0.6 is 0 Å². The molecule has 3 rings (SSSR count). The van der Waals surface area contributed by atoms with Crippen molar-refractivity contribution in [3.63, 3.8) is 0 Å². The maximum Gasteiger partial charge on any atom is 0.260 e. The molecule has 0 saturated heterocycles. The molecule has 0 aliphatic carbocycles. The third-order valence-electron chi connectivity index (χ3n) is 3.45. The summed E-state index contributed by atoms with van der Waals surface area (Å²) in [7, 11) is 1.57. The molecule has 128 valence electrons. The van der Waals surface area contributed by atoms with Crippen molar-refractivity contribution < 1.29 is 23.0 Å². The van der Waals surface area contributed by atoms with Crippen LogP contribution in [0.25, 0.3) is 0 Å². The van der Waals surface area contributed by atoms with E-state index < -0.39 is 17.5 Å². The molecule has 2 aromatic carbocycles. The van der Waals surface area contributed by atoms with E-state index in [1.165, 1.54) is 4.90 Å². The number of benzene rings is 2. The van der Waals surface area contributed by atoms with E-state index in [1.807, 2.05) is 26.0 Å². The number of hydrogen-bond donors (Lipinski definition) is 0. The summed E-state index contributed by atoms with van der Waals surface area (Å²) >= 11 is 0. The first-order valence-electron chi connectivity index (χ1n) is 7.62. The number of rotatable bonds is 3. The number of carbonyl (C=O) groups excluding carboxylic acids is 1. The Kier molecular flexibility index (Phi) is 5.73. The lowest BCUT2D eigenvalue weighted by Gasteiger charge is -2.28. The smallest absolute Gasteiger partial charge is 0.260 e. The summed E-state index contributed by atoms with van der Waals surface area (Å²) in [6, 6.07) is 8.99. The summed E-state index contributed by atoms with van der Waals surface area (Å²) in [5.74, 6) is -1.71. The molecule has 0 aromatic heterocycles. The van der Waals surface area contributed by atoms with Crippen LogP contribution < -0.4 is 9.47 Å². The van der Waals surface area contributed by atoms with Gasteiger partial charge in [-0.1, -0.05) is 26.0 Å². The van der Waals surface area contributed by atoms with Gasteiger partial charge in [-0.3, -0.25) is 4.79 Å².